The minimum atomic E-state index is 0.0910. The van der Waals surface area contributed by atoms with Crippen molar-refractivity contribution in [1.29, 1.82) is 0 Å². The topological polar surface area (TPSA) is 55.9 Å². The normalized spacial score (nSPS) is 26.1. The van der Waals surface area contributed by atoms with Crippen molar-refractivity contribution in [3.63, 3.8) is 0 Å². The van der Waals surface area contributed by atoms with E-state index in [2.05, 4.69) is 22.0 Å². The van der Waals surface area contributed by atoms with Crippen LogP contribution in [-0.2, 0) is 9.59 Å². The summed E-state index contributed by atoms with van der Waals surface area (Å²) in [5.41, 5.74) is 0. The van der Waals surface area contributed by atoms with Gasteiger partial charge in [0, 0.05) is 45.8 Å². The van der Waals surface area contributed by atoms with Crippen molar-refractivity contribution in [1.82, 2.24) is 20.0 Å². The molecule has 6 heteroatoms. The van der Waals surface area contributed by atoms with Crippen LogP contribution in [0.5, 0.6) is 0 Å². The Morgan fingerprint density at radius 3 is 2.08 bits per heavy atom. The molecule has 1 heterocycles. The van der Waals surface area contributed by atoms with Crippen LogP contribution in [0.15, 0.2) is 0 Å². The highest BCUT2D eigenvalue weighted by molar-refractivity contribution is 5.78. The van der Waals surface area contributed by atoms with E-state index >= 15 is 0 Å². The molecule has 1 saturated carbocycles. The molecule has 0 aromatic rings. The zero-order valence-corrected chi connectivity index (χ0v) is 15.6. The first kappa shape index (κ1) is 19.2. The zero-order valence-electron chi connectivity index (χ0n) is 15.6. The number of nitrogens with one attached hydrogen (secondary N) is 1. The van der Waals surface area contributed by atoms with Crippen LogP contribution in [0.2, 0.25) is 0 Å². The van der Waals surface area contributed by atoms with Gasteiger partial charge in [0.2, 0.25) is 11.8 Å². The number of hydrogen-bond donors (Lipinski definition) is 1. The smallest absolute Gasteiger partial charge is 0.236 e. The fraction of sp³-hybridized carbons (Fsp3) is 0.889. The minimum absolute atomic E-state index is 0.0910. The fourth-order valence-corrected chi connectivity index (χ4v) is 3.70. The monoisotopic (exact) mass is 338 g/mol. The number of carbonyl (C=O) groups is 2. The molecule has 0 aromatic heterocycles. The third-order valence-electron chi connectivity index (χ3n) is 5.49. The summed E-state index contributed by atoms with van der Waals surface area (Å²) in [4.78, 5) is 30.5. The van der Waals surface area contributed by atoms with E-state index in [4.69, 9.17) is 0 Å². The molecule has 2 fully saturated rings. The first-order valence-electron chi connectivity index (χ1n) is 9.46. The van der Waals surface area contributed by atoms with Crippen LogP contribution in [0.3, 0.4) is 0 Å². The molecule has 1 aliphatic heterocycles. The SMILES string of the molecule is CCNC(=O)CN1CCN(CC(=O)N(C)C2CCC(C)CC2)CC1. The lowest BCUT2D eigenvalue weighted by Crippen LogP contribution is -2.52. The lowest BCUT2D eigenvalue weighted by atomic mass is 9.87. The van der Waals surface area contributed by atoms with Gasteiger partial charge >= 0.3 is 0 Å². The second-order valence-electron chi connectivity index (χ2n) is 7.42. The second-order valence-corrected chi connectivity index (χ2v) is 7.42. The van der Waals surface area contributed by atoms with Gasteiger partial charge in [-0.3, -0.25) is 19.4 Å². The van der Waals surface area contributed by atoms with Crippen LogP contribution in [0, 0.1) is 5.92 Å². The summed E-state index contributed by atoms with van der Waals surface area (Å²) in [6.45, 7) is 9.33. The van der Waals surface area contributed by atoms with Crippen molar-refractivity contribution in [2.24, 2.45) is 5.92 Å². The van der Waals surface area contributed by atoms with E-state index in [-0.39, 0.29) is 11.8 Å². The number of carbonyl (C=O) groups excluding carboxylic acids is 2. The maximum absolute atomic E-state index is 12.5. The molecule has 6 nitrogen and oxygen atoms in total. The zero-order chi connectivity index (χ0) is 17.5. The van der Waals surface area contributed by atoms with Gasteiger partial charge in [0.15, 0.2) is 0 Å². The first-order valence-corrected chi connectivity index (χ1v) is 9.46. The summed E-state index contributed by atoms with van der Waals surface area (Å²) >= 11 is 0. The summed E-state index contributed by atoms with van der Waals surface area (Å²) < 4.78 is 0. The third kappa shape index (κ3) is 5.74. The molecule has 1 N–H and O–H groups in total. The van der Waals surface area contributed by atoms with E-state index in [1.807, 2.05) is 18.9 Å². The Bertz CT molecular complexity index is 413. The molecule has 138 valence electrons. The average Bonchev–Trinajstić information content (AvgIpc) is 2.57. The summed E-state index contributed by atoms with van der Waals surface area (Å²) in [5, 5.41) is 2.84. The van der Waals surface area contributed by atoms with Gasteiger partial charge in [0.05, 0.1) is 13.1 Å². The molecule has 1 aliphatic carbocycles. The molecular weight excluding hydrogens is 304 g/mol. The van der Waals surface area contributed by atoms with Crippen molar-refractivity contribution >= 4 is 11.8 Å². The lowest BCUT2D eigenvalue weighted by Gasteiger charge is -2.37. The molecule has 0 unspecified atom stereocenters. The van der Waals surface area contributed by atoms with E-state index in [1.54, 1.807) is 0 Å². The van der Waals surface area contributed by atoms with Crippen LogP contribution >= 0.6 is 0 Å². The van der Waals surface area contributed by atoms with E-state index in [0.717, 1.165) is 44.9 Å². The standard InChI is InChI=1S/C18H34N4O2/c1-4-19-17(23)13-21-9-11-22(12-10-21)14-18(24)20(3)16-7-5-15(2)6-8-16/h15-16H,4-14H2,1-3H3,(H,19,23). The molecule has 0 atom stereocenters. The van der Waals surface area contributed by atoms with E-state index in [9.17, 15) is 9.59 Å². The summed E-state index contributed by atoms with van der Waals surface area (Å²) in [5.74, 6) is 1.14. The lowest BCUT2D eigenvalue weighted by molar-refractivity contribution is -0.134. The number of rotatable bonds is 6. The molecule has 24 heavy (non-hydrogen) atoms. The van der Waals surface area contributed by atoms with Crippen LogP contribution in [-0.4, -0.2) is 85.4 Å². The van der Waals surface area contributed by atoms with Gasteiger partial charge in [-0.2, -0.15) is 0 Å². The number of nitrogens with zero attached hydrogens (tertiary/aromatic N) is 3. The molecule has 2 aliphatic rings. The number of piperazine rings is 1. The van der Waals surface area contributed by atoms with Crippen molar-refractivity contribution in [3.8, 4) is 0 Å². The number of amides is 2. The predicted octanol–water partition coefficient (Wildman–Crippen LogP) is 0.777. The maximum atomic E-state index is 12.5. The van der Waals surface area contributed by atoms with Crippen LogP contribution < -0.4 is 5.32 Å². The van der Waals surface area contributed by atoms with Crippen molar-refractivity contribution < 1.29 is 9.59 Å². The Hall–Kier alpha value is -1.14. The van der Waals surface area contributed by atoms with Gasteiger partial charge in [-0.25, -0.2) is 0 Å². The highest BCUT2D eigenvalue weighted by atomic mass is 16.2. The maximum Gasteiger partial charge on any atom is 0.236 e. The Morgan fingerprint density at radius 2 is 1.54 bits per heavy atom. The summed E-state index contributed by atoms with van der Waals surface area (Å²) in [6, 6.07) is 0.424. The molecule has 2 rings (SSSR count). The minimum Gasteiger partial charge on any atom is -0.355 e. The third-order valence-corrected chi connectivity index (χ3v) is 5.49. The largest absolute Gasteiger partial charge is 0.355 e. The summed E-state index contributed by atoms with van der Waals surface area (Å²) in [7, 11) is 1.97. The molecular formula is C18H34N4O2. The first-order chi connectivity index (χ1) is 11.5. The average molecular weight is 338 g/mol. The highest BCUT2D eigenvalue weighted by Gasteiger charge is 2.27. The fourth-order valence-electron chi connectivity index (χ4n) is 3.70. The number of hydrogen-bond acceptors (Lipinski definition) is 4. The Morgan fingerprint density at radius 1 is 1.00 bits per heavy atom. The van der Waals surface area contributed by atoms with Gasteiger partial charge in [0.1, 0.15) is 0 Å². The Kier molecular flexibility index (Phi) is 7.49. The van der Waals surface area contributed by atoms with E-state index in [1.165, 1.54) is 12.8 Å². The van der Waals surface area contributed by atoms with Gasteiger partial charge in [-0.05, 0) is 38.5 Å². The molecule has 0 radical (unpaired) electrons. The Labute approximate surface area is 146 Å². The van der Waals surface area contributed by atoms with Crippen molar-refractivity contribution in [3.05, 3.63) is 0 Å². The molecule has 0 aromatic carbocycles. The summed E-state index contributed by atoms with van der Waals surface area (Å²) in [6.07, 6.45) is 4.76. The van der Waals surface area contributed by atoms with Gasteiger partial charge in [-0.1, -0.05) is 6.92 Å². The highest BCUT2D eigenvalue weighted by Crippen LogP contribution is 2.26. The predicted molar refractivity (Wildman–Crippen MR) is 95.8 cm³/mol. The van der Waals surface area contributed by atoms with E-state index < -0.39 is 0 Å². The molecule has 0 bridgehead atoms. The van der Waals surface area contributed by atoms with Crippen molar-refractivity contribution in [2.45, 2.75) is 45.6 Å². The molecule has 2 amide bonds. The van der Waals surface area contributed by atoms with Gasteiger partial charge < -0.3 is 10.2 Å². The quantitative estimate of drug-likeness (QED) is 0.777. The Balaban J connectivity index is 1.69. The molecule has 0 spiro atoms. The van der Waals surface area contributed by atoms with Gasteiger partial charge in [0.25, 0.3) is 0 Å². The number of likely N-dealkylation sites (N-methyl/N-ethyl adjacent to an activating group) is 2. The van der Waals surface area contributed by atoms with Gasteiger partial charge in [-0.15, -0.1) is 0 Å². The second kappa shape index (κ2) is 9.37. The van der Waals surface area contributed by atoms with Crippen LogP contribution in [0.4, 0.5) is 0 Å². The van der Waals surface area contributed by atoms with Crippen LogP contribution in [0.25, 0.3) is 0 Å². The molecule has 1 saturated heterocycles. The van der Waals surface area contributed by atoms with Crippen LogP contribution in [0.1, 0.15) is 39.5 Å². The van der Waals surface area contributed by atoms with Crippen molar-refractivity contribution in [2.75, 3.05) is 52.9 Å². The van der Waals surface area contributed by atoms with E-state index in [0.29, 0.717) is 25.7 Å².